The van der Waals surface area contributed by atoms with Gasteiger partial charge in [-0.15, -0.1) is 0 Å². The van der Waals surface area contributed by atoms with Crippen molar-refractivity contribution in [3.8, 4) is 5.75 Å². The average Bonchev–Trinajstić information content (AvgIpc) is 2.46. The van der Waals surface area contributed by atoms with Crippen LogP contribution >= 0.6 is 15.9 Å². The average molecular weight is 378 g/mol. The Hall–Kier alpha value is -0.630. The predicted molar refractivity (Wildman–Crippen MR) is 84.0 cm³/mol. The van der Waals surface area contributed by atoms with Crippen molar-refractivity contribution in [3.63, 3.8) is 0 Å². The van der Waals surface area contributed by atoms with Gasteiger partial charge in [-0.1, -0.05) is 6.92 Å². The molecule has 1 saturated heterocycles. The number of hydrogen-bond donors (Lipinski definition) is 1. The van der Waals surface area contributed by atoms with Crippen molar-refractivity contribution in [3.05, 3.63) is 22.7 Å². The largest absolute Gasteiger partial charge is 0.496 e. The lowest BCUT2D eigenvalue weighted by Gasteiger charge is -2.33. The molecule has 118 valence electrons. The Bertz CT molecular complexity index is 597. The van der Waals surface area contributed by atoms with Crippen molar-refractivity contribution in [2.45, 2.75) is 24.7 Å². The van der Waals surface area contributed by atoms with Gasteiger partial charge in [-0.05, 0) is 52.4 Å². The van der Waals surface area contributed by atoms with E-state index in [1.807, 2.05) is 0 Å². The fourth-order valence-corrected chi connectivity index (χ4v) is 4.13. The Kier molecular flexibility index (Phi) is 5.29. The minimum absolute atomic E-state index is 0.0466. The molecule has 1 N–H and O–H groups in total. The first-order valence-corrected chi connectivity index (χ1v) is 9.05. The lowest BCUT2D eigenvalue weighted by atomic mass is 9.83. The zero-order valence-corrected chi connectivity index (χ0v) is 14.6. The van der Waals surface area contributed by atoms with Gasteiger partial charge in [-0.3, -0.25) is 0 Å². The van der Waals surface area contributed by atoms with Gasteiger partial charge in [0.15, 0.2) is 0 Å². The highest BCUT2D eigenvalue weighted by molar-refractivity contribution is 9.10. The third kappa shape index (κ3) is 4.18. The molecule has 21 heavy (non-hydrogen) atoms. The van der Waals surface area contributed by atoms with E-state index in [2.05, 4.69) is 27.6 Å². The molecule has 1 aromatic carbocycles. The van der Waals surface area contributed by atoms with Gasteiger partial charge in [0.25, 0.3) is 0 Å². The van der Waals surface area contributed by atoms with Crippen molar-refractivity contribution in [2.24, 2.45) is 5.41 Å². The summed E-state index contributed by atoms with van der Waals surface area (Å²) in [4.78, 5) is 0.228. The minimum atomic E-state index is -3.52. The van der Waals surface area contributed by atoms with Gasteiger partial charge in [0.05, 0.1) is 16.5 Å². The van der Waals surface area contributed by atoms with E-state index < -0.39 is 10.0 Å². The van der Waals surface area contributed by atoms with Crippen molar-refractivity contribution in [2.75, 3.05) is 26.9 Å². The molecular formula is C14H20BrNO4S. The van der Waals surface area contributed by atoms with Crippen molar-refractivity contribution >= 4 is 26.0 Å². The molecule has 0 aliphatic carbocycles. The smallest absolute Gasteiger partial charge is 0.240 e. The molecule has 5 nitrogen and oxygen atoms in total. The second-order valence-corrected chi connectivity index (χ2v) is 8.17. The van der Waals surface area contributed by atoms with Gasteiger partial charge < -0.3 is 9.47 Å². The summed E-state index contributed by atoms with van der Waals surface area (Å²) in [5, 5.41) is 0. The summed E-state index contributed by atoms with van der Waals surface area (Å²) in [6.07, 6.45) is 1.73. The van der Waals surface area contributed by atoms with Crippen molar-refractivity contribution < 1.29 is 17.9 Å². The molecule has 0 saturated carbocycles. The predicted octanol–water partition coefficient (Wildman–Crippen LogP) is 2.55. The Morgan fingerprint density at radius 2 is 2.05 bits per heavy atom. The van der Waals surface area contributed by atoms with Crippen LogP contribution in [0.2, 0.25) is 0 Å². The molecule has 0 unspecified atom stereocenters. The normalized spacial score (nSPS) is 18.4. The van der Waals surface area contributed by atoms with Gasteiger partial charge in [-0.2, -0.15) is 0 Å². The van der Waals surface area contributed by atoms with E-state index in [0.29, 0.717) is 30.0 Å². The van der Waals surface area contributed by atoms with Crippen LogP contribution in [0.5, 0.6) is 5.75 Å². The highest BCUT2D eigenvalue weighted by Crippen LogP contribution is 2.30. The number of nitrogens with one attached hydrogen (secondary N) is 1. The highest BCUT2D eigenvalue weighted by Gasteiger charge is 2.29. The van der Waals surface area contributed by atoms with Crippen LogP contribution in [0.4, 0.5) is 0 Å². The lowest BCUT2D eigenvalue weighted by Crippen LogP contribution is -2.39. The summed E-state index contributed by atoms with van der Waals surface area (Å²) >= 11 is 3.30. The molecule has 2 rings (SSSR count). The number of ether oxygens (including phenoxy) is 2. The maximum absolute atomic E-state index is 12.4. The molecule has 0 spiro atoms. The number of rotatable bonds is 5. The summed E-state index contributed by atoms with van der Waals surface area (Å²) in [6.45, 7) is 3.88. The molecule has 0 bridgehead atoms. The number of sulfonamides is 1. The summed E-state index contributed by atoms with van der Waals surface area (Å²) in [6, 6.07) is 4.72. The number of halogens is 1. The van der Waals surface area contributed by atoms with E-state index in [4.69, 9.17) is 9.47 Å². The summed E-state index contributed by atoms with van der Waals surface area (Å²) in [7, 11) is -1.98. The quantitative estimate of drug-likeness (QED) is 0.856. The number of hydrogen-bond acceptors (Lipinski definition) is 4. The van der Waals surface area contributed by atoms with Gasteiger partial charge in [0.1, 0.15) is 5.75 Å². The Morgan fingerprint density at radius 1 is 1.38 bits per heavy atom. The van der Waals surface area contributed by atoms with Gasteiger partial charge in [-0.25, -0.2) is 13.1 Å². The Balaban J connectivity index is 2.09. The van der Waals surface area contributed by atoms with E-state index in [1.165, 1.54) is 6.07 Å². The fourth-order valence-electron chi connectivity index (χ4n) is 2.21. The molecule has 0 atom stereocenters. The maximum Gasteiger partial charge on any atom is 0.240 e. The van der Waals surface area contributed by atoms with Crippen molar-refractivity contribution in [1.29, 1.82) is 0 Å². The summed E-state index contributed by atoms with van der Waals surface area (Å²) in [5.41, 5.74) is -0.0466. The van der Waals surface area contributed by atoms with Crippen LogP contribution < -0.4 is 9.46 Å². The van der Waals surface area contributed by atoms with E-state index in [0.717, 1.165) is 12.8 Å². The van der Waals surface area contributed by atoms with Gasteiger partial charge in [0, 0.05) is 19.8 Å². The van der Waals surface area contributed by atoms with E-state index >= 15 is 0 Å². The molecule has 1 heterocycles. The second kappa shape index (κ2) is 6.64. The molecule has 1 aliphatic rings. The van der Waals surface area contributed by atoms with Crippen LogP contribution in [0, 0.1) is 5.41 Å². The summed E-state index contributed by atoms with van der Waals surface area (Å²) < 4.78 is 38.5. The van der Waals surface area contributed by atoms with Crippen LogP contribution in [0.25, 0.3) is 0 Å². The summed E-state index contributed by atoms with van der Waals surface area (Å²) in [5.74, 6) is 0.602. The maximum atomic E-state index is 12.4. The zero-order chi connectivity index (χ0) is 15.5. The standard InChI is InChI=1S/C14H20BrNO4S/c1-14(5-7-20-8-6-14)10-16-21(17,18)11-3-4-13(19-2)12(15)9-11/h3-4,9,16H,5-8,10H2,1-2H3. The van der Waals surface area contributed by atoms with E-state index in [1.54, 1.807) is 19.2 Å². The first-order valence-electron chi connectivity index (χ1n) is 6.77. The second-order valence-electron chi connectivity index (χ2n) is 5.54. The molecule has 1 aromatic rings. The molecule has 0 aromatic heterocycles. The monoisotopic (exact) mass is 377 g/mol. The zero-order valence-electron chi connectivity index (χ0n) is 12.2. The first-order chi connectivity index (χ1) is 9.86. The van der Waals surface area contributed by atoms with Gasteiger partial charge >= 0.3 is 0 Å². The van der Waals surface area contributed by atoms with Crippen LogP contribution in [0.1, 0.15) is 19.8 Å². The number of benzene rings is 1. The molecule has 0 amide bonds. The molecule has 0 radical (unpaired) electrons. The third-order valence-corrected chi connectivity index (χ3v) is 5.84. The lowest BCUT2D eigenvalue weighted by molar-refractivity contribution is 0.0265. The first kappa shape index (κ1) is 16.7. The third-order valence-electron chi connectivity index (χ3n) is 3.82. The van der Waals surface area contributed by atoms with Crippen LogP contribution in [0.15, 0.2) is 27.6 Å². The van der Waals surface area contributed by atoms with Crippen molar-refractivity contribution in [1.82, 2.24) is 4.72 Å². The number of methoxy groups -OCH3 is 1. The molecule has 1 aliphatic heterocycles. The van der Waals surface area contributed by atoms with E-state index in [-0.39, 0.29) is 10.3 Å². The van der Waals surface area contributed by atoms with E-state index in [9.17, 15) is 8.42 Å². The minimum Gasteiger partial charge on any atom is -0.496 e. The fraction of sp³-hybridized carbons (Fsp3) is 0.571. The highest BCUT2D eigenvalue weighted by atomic mass is 79.9. The topological polar surface area (TPSA) is 64.6 Å². The van der Waals surface area contributed by atoms with Crippen LogP contribution in [0.3, 0.4) is 0 Å². The van der Waals surface area contributed by atoms with Gasteiger partial charge in [0.2, 0.25) is 10.0 Å². The molecule has 1 fully saturated rings. The van der Waals surface area contributed by atoms with Crippen LogP contribution in [-0.4, -0.2) is 35.3 Å². The molecule has 7 heteroatoms. The molecular weight excluding hydrogens is 358 g/mol. The van der Waals surface area contributed by atoms with Crippen LogP contribution in [-0.2, 0) is 14.8 Å². The Morgan fingerprint density at radius 3 is 2.62 bits per heavy atom. The SMILES string of the molecule is COc1ccc(S(=O)(=O)NCC2(C)CCOCC2)cc1Br. The Labute approximate surface area is 134 Å².